The highest BCUT2D eigenvalue weighted by atomic mass is 35.5. The average Bonchev–Trinajstić information content (AvgIpc) is 2.53. The summed E-state index contributed by atoms with van der Waals surface area (Å²) in [6.07, 6.45) is 5.19. The zero-order valence-corrected chi connectivity index (χ0v) is 10.2. The molecule has 2 rings (SSSR count). The number of hydrogen-bond donors (Lipinski definition) is 1. The van der Waals surface area contributed by atoms with Gasteiger partial charge in [-0.25, -0.2) is 0 Å². The number of rotatable bonds is 2. The lowest BCUT2D eigenvalue weighted by atomic mass is 10.2. The second kappa shape index (κ2) is 5.55. The molecule has 0 bridgehead atoms. The lowest BCUT2D eigenvalue weighted by Crippen LogP contribution is -2.23. The van der Waals surface area contributed by atoms with Crippen molar-refractivity contribution in [1.82, 2.24) is 4.90 Å². The van der Waals surface area contributed by atoms with Crippen molar-refractivity contribution in [3.63, 3.8) is 0 Å². The summed E-state index contributed by atoms with van der Waals surface area (Å²) in [7, 11) is 0. The predicted molar refractivity (Wildman–Crippen MR) is 66.9 cm³/mol. The molecule has 0 aromatic heterocycles. The maximum absolute atomic E-state index is 9.84. The van der Waals surface area contributed by atoms with Gasteiger partial charge in [-0.1, -0.05) is 36.6 Å². The summed E-state index contributed by atoms with van der Waals surface area (Å²) >= 11 is 5.90. The van der Waals surface area contributed by atoms with E-state index in [9.17, 15) is 5.11 Å². The molecular weight excluding hydrogens is 222 g/mol. The van der Waals surface area contributed by atoms with Crippen LogP contribution in [-0.4, -0.2) is 23.1 Å². The third kappa shape index (κ3) is 2.89. The van der Waals surface area contributed by atoms with Crippen LogP contribution in [-0.2, 0) is 6.54 Å². The fourth-order valence-electron chi connectivity index (χ4n) is 2.22. The maximum Gasteiger partial charge on any atom is 0.138 e. The minimum Gasteiger partial charge on any atom is -0.506 e. The molecule has 16 heavy (non-hydrogen) atoms. The van der Waals surface area contributed by atoms with Crippen LogP contribution in [0.25, 0.3) is 0 Å². The van der Waals surface area contributed by atoms with E-state index >= 15 is 0 Å². The van der Waals surface area contributed by atoms with E-state index in [2.05, 4.69) is 4.90 Å². The van der Waals surface area contributed by atoms with Crippen molar-refractivity contribution in [1.29, 1.82) is 0 Å². The molecule has 2 nitrogen and oxygen atoms in total. The zero-order chi connectivity index (χ0) is 11.4. The van der Waals surface area contributed by atoms with Gasteiger partial charge in [0.15, 0.2) is 0 Å². The lowest BCUT2D eigenvalue weighted by Gasteiger charge is -2.20. The normalized spacial score (nSPS) is 18.3. The van der Waals surface area contributed by atoms with E-state index in [-0.39, 0.29) is 5.75 Å². The molecule has 0 radical (unpaired) electrons. The molecule has 1 N–H and O–H groups in total. The quantitative estimate of drug-likeness (QED) is 0.855. The molecular formula is C13H18ClNO. The van der Waals surface area contributed by atoms with Crippen LogP contribution >= 0.6 is 11.6 Å². The largest absolute Gasteiger partial charge is 0.506 e. The molecule has 3 heteroatoms. The third-order valence-corrected chi connectivity index (χ3v) is 3.47. The van der Waals surface area contributed by atoms with Gasteiger partial charge in [0.05, 0.1) is 5.02 Å². The number of aromatic hydroxyl groups is 1. The van der Waals surface area contributed by atoms with E-state index < -0.39 is 0 Å². The molecule has 0 atom stereocenters. The Bertz CT molecular complexity index is 346. The summed E-state index contributed by atoms with van der Waals surface area (Å²) in [6.45, 7) is 3.07. The highest BCUT2D eigenvalue weighted by Gasteiger charge is 2.12. The molecule has 1 heterocycles. The Morgan fingerprint density at radius 2 is 1.81 bits per heavy atom. The van der Waals surface area contributed by atoms with Crippen molar-refractivity contribution in [2.75, 3.05) is 13.1 Å². The van der Waals surface area contributed by atoms with Crippen molar-refractivity contribution in [3.8, 4) is 5.75 Å². The van der Waals surface area contributed by atoms with Gasteiger partial charge >= 0.3 is 0 Å². The molecule has 0 saturated carbocycles. The molecule has 1 aliphatic rings. The Balaban J connectivity index is 2.04. The first-order valence-corrected chi connectivity index (χ1v) is 6.34. The number of likely N-dealkylation sites (tertiary alicyclic amines) is 1. The van der Waals surface area contributed by atoms with Crippen LogP contribution in [0, 0.1) is 0 Å². The number of hydrogen-bond acceptors (Lipinski definition) is 2. The lowest BCUT2D eigenvalue weighted by molar-refractivity contribution is 0.273. The van der Waals surface area contributed by atoms with Crippen LogP contribution in [0.15, 0.2) is 18.2 Å². The van der Waals surface area contributed by atoms with Crippen molar-refractivity contribution in [3.05, 3.63) is 28.8 Å². The number of nitrogens with zero attached hydrogens (tertiary/aromatic N) is 1. The van der Waals surface area contributed by atoms with E-state index in [1.54, 1.807) is 6.07 Å². The molecule has 1 aromatic rings. The van der Waals surface area contributed by atoms with Gasteiger partial charge in [0.1, 0.15) is 5.75 Å². The topological polar surface area (TPSA) is 23.5 Å². The molecule has 1 aliphatic heterocycles. The second-order valence-corrected chi connectivity index (χ2v) is 4.85. The fraction of sp³-hybridized carbons (Fsp3) is 0.538. The number of phenolic OH excluding ortho intramolecular Hbond substituents is 1. The Hall–Kier alpha value is -0.730. The minimum atomic E-state index is 0.244. The fourth-order valence-corrected chi connectivity index (χ4v) is 2.42. The number of phenols is 1. The van der Waals surface area contributed by atoms with Gasteiger partial charge < -0.3 is 5.11 Å². The standard InChI is InChI=1S/C13H18ClNO/c14-12-7-5-6-11(13(12)16)10-15-8-3-1-2-4-9-15/h5-7,16H,1-4,8-10H2. The first-order valence-electron chi connectivity index (χ1n) is 5.96. The minimum absolute atomic E-state index is 0.244. The zero-order valence-electron chi connectivity index (χ0n) is 9.45. The van der Waals surface area contributed by atoms with Crippen LogP contribution in [0.3, 0.4) is 0 Å². The van der Waals surface area contributed by atoms with E-state index in [0.29, 0.717) is 5.02 Å². The molecule has 1 aromatic carbocycles. The molecule has 88 valence electrons. The van der Waals surface area contributed by atoms with Crippen LogP contribution < -0.4 is 0 Å². The molecule has 1 saturated heterocycles. The highest BCUT2D eigenvalue weighted by Crippen LogP contribution is 2.28. The second-order valence-electron chi connectivity index (χ2n) is 4.44. The Morgan fingerprint density at radius 1 is 1.12 bits per heavy atom. The Labute approximate surface area is 102 Å². The van der Waals surface area contributed by atoms with Gasteiger partial charge in [-0.3, -0.25) is 4.90 Å². The van der Waals surface area contributed by atoms with E-state index in [1.807, 2.05) is 12.1 Å². The van der Waals surface area contributed by atoms with Gasteiger partial charge in [-0.05, 0) is 32.0 Å². The summed E-state index contributed by atoms with van der Waals surface area (Å²) in [5, 5.41) is 10.3. The smallest absolute Gasteiger partial charge is 0.138 e. The van der Waals surface area contributed by atoms with Crippen molar-refractivity contribution in [2.45, 2.75) is 32.2 Å². The molecule has 0 amide bonds. The third-order valence-electron chi connectivity index (χ3n) is 3.16. The summed E-state index contributed by atoms with van der Waals surface area (Å²) in [4.78, 5) is 2.40. The molecule has 1 fully saturated rings. The Morgan fingerprint density at radius 3 is 2.50 bits per heavy atom. The summed E-state index contributed by atoms with van der Waals surface area (Å²) in [5.74, 6) is 0.244. The Kier molecular flexibility index (Phi) is 4.08. The average molecular weight is 240 g/mol. The molecule has 0 aliphatic carbocycles. The monoisotopic (exact) mass is 239 g/mol. The number of benzene rings is 1. The predicted octanol–water partition coefficient (Wildman–Crippen LogP) is 3.42. The number of halogens is 1. The van der Waals surface area contributed by atoms with Crippen LogP contribution in [0.5, 0.6) is 5.75 Å². The van der Waals surface area contributed by atoms with Crippen LogP contribution in [0.4, 0.5) is 0 Å². The summed E-state index contributed by atoms with van der Waals surface area (Å²) in [6, 6.07) is 5.57. The van der Waals surface area contributed by atoms with Gasteiger partial charge in [-0.15, -0.1) is 0 Å². The first-order chi connectivity index (χ1) is 7.77. The van der Waals surface area contributed by atoms with Gasteiger partial charge in [-0.2, -0.15) is 0 Å². The van der Waals surface area contributed by atoms with Crippen LogP contribution in [0.2, 0.25) is 5.02 Å². The van der Waals surface area contributed by atoms with E-state index in [0.717, 1.165) is 25.2 Å². The molecule has 0 unspecified atom stereocenters. The van der Waals surface area contributed by atoms with E-state index in [1.165, 1.54) is 25.7 Å². The highest BCUT2D eigenvalue weighted by molar-refractivity contribution is 6.32. The first kappa shape index (κ1) is 11.7. The maximum atomic E-state index is 9.84. The summed E-state index contributed by atoms with van der Waals surface area (Å²) < 4.78 is 0. The summed E-state index contributed by atoms with van der Waals surface area (Å²) in [5.41, 5.74) is 0.939. The number of para-hydroxylation sites is 1. The van der Waals surface area contributed by atoms with Crippen molar-refractivity contribution >= 4 is 11.6 Å². The van der Waals surface area contributed by atoms with Crippen LogP contribution in [0.1, 0.15) is 31.2 Å². The van der Waals surface area contributed by atoms with E-state index in [4.69, 9.17) is 11.6 Å². The molecule has 0 spiro atoms. The van der Waals surface area contributed by atoms with Crippen molar-refractivity contribution in [2.24, 2.45) is 0 Å². The van der Waals surface area contributed by atoms with Gasteiger partial charge in [0, 0.05) is 12.1 Å². The SMILES string of the molecule is Oc1c(Cl)cccc1CN1CCCCCC1. The van der Waals surface area contributed by atoms with Gasteiger partial charge in [0.25, 0.3) is 0 Å². The van der Waals surface area contributed by atoms with Crippen molar-refractivity contribution < 1.29 is 5.11 Å². The van der Waals surface area contributed by atoms with Gasteiger partial charge in [0.2, 0.25) is 0 Å².